The van der Waals surface area contributed by atoms with Crippen molar-refractivity contribution >= 4 is 45.8 Å². The number of alkyl carbamates (subject to hydrolysis) is 1. The van der Waals surface area contributed by atoms with Gasteiger partial charge in [0.25, 0.3) is 0 Å². The normalized spacial score (nSPS) is 21.6. The highest BCUT2D eigenvalue weighted by molar-refractivity contribution is 6.07. The van der Waals surface area contributed by atoms with E-state index >= 15 is 0 Å². The van der Waals surface area contributed by atoms with Crippen molar-refractivity contribution in [1.82, 2.24) is 40.4 Å². The molecule has 0 radical (unpaired) electrons. The lowest BCUT2D eigenvalue weighted by Gasteiger charge is -2.30. The molecule has 5 aromatic rings. The molecule has 3 aliphatic heterocycles. The summed E-state index contributed by atoms with van der Waals surface area (Å²) in [5.74, 6) is 1.81. The molecule has 3 aliphatic rings. The quantitative estimate of drug-likeness (QED) is 0.105. The molecule has 17 nitrogen and oxygen atoms in total. The summed E-state index contributed by atoms with van der Waals surface area (Å²) >= 11 is 0. The molecule has 17 heteroatoms. The van der Waals surface area contributed by atoms with E-state index in [9.17, 15) is 24.3 Å². The number of nitrogens with one attached hydrogen (secondary N) is 4. The molecule has 8 rings (SSSR count). The molecule has 0 saturated carbocycles. The fourth-order valence-corrected chi connectivity index (χ4v) is 9.09. The summed E-state index contributed by atoms with van der Waals surface area (Å²) in [7, 11) is 4.20. The molecule has 1 unspecified atom stereocenters. The first kappa shape index (κ1) is 41.5. The lowest BCUT2D eigenvalue weighted by atomic mass is 9.92. The molecular formula is C44H52N8O9. The fourth-order valence-electron chi connectivity index (χ4n) is 9.09. The van der Waals surface area contributed by atoms with E-state index in [1.807, 2.05) is 18.2 Å². The molecule has 2 aromatic heterocycles. The van der Waals surface area contributed by atoms with Gasteiger partial charge in [0.05, 0.1) is 54.3 Å². The van der Waals surface area contributed by atoms with Gasteiger partial charge in [-0.05, 0) is 84.9 Å². The summed E-state index contributed by atoms with van der Waals surface area (Å²) in [4.78, 5) is 71.6. The molecule has 3 aromatic carbocycles. The first-order valence-corrected chi connectivity index (χ1v) is 20.6. The van der Waals surface area contributed by atoms with Crippen molar-refractivity contribution in [3.63, 3.8) is 0 Å². The minimum Gasteiger partial charge on any atom is -0.488 e. The minimum absolute atomic E-state index is 0.178. The van der Waals surface area contributed by atoms with Crippen LogP contribution in [0.15, 0.2) is 48.7 Å². The molecule has 2 fully saturated rings. The van der Waals surface area contributed by atoms with Crippen LogP contribution in [0.2, 0.25) is 0 Å². The fraction of sp³-hybridized carbons (Fsp3) is 0.455. The number of imidazole rings is 2. The Bertz CT molecular complexity index is 2500. The summed E-state index contributed by atoms with van der Waals surface area (Å²) in [5, 5.41) is 16.3. The van der Waals surface area contributed by atoms with Gasteiger partial charge in [-0.1, -0.05) is 32.0 Å². The van der Waals surface area contributed by atoms with Gasteiger partial charge in [0.15, 0.2) is 0 Å². The number of hydrogen-bond acceptors (Lipinski definition) is 10. The van der Waals surface area contributed by atoms with Crippen LogP contribution in [0.3, 0.4) is 0 Å². The van der Waals surface area contributed by atoms with Crippen LogP contribution in [0.5, 0.6) is 5.75 Å². The zero-order valence-corrected chi connectivity index (χ0v) is 35.3. The third kappa shape index (κ3) is 7.83. The van der Waals surface area contributed by atoms with Crippen molar-refractivity contribution in [2.75, 3.05) is 34.4 Å². The average molecular weight is 837 g/mol. The summed E-state index contributed by atoms with van der Waals surface area (Å²) in [6.07, 6.45) is -0.0847. The van der Waals surface area contributed by atoms with E-state index in [1.165, 1.54) is 21.3 Å². The number of methoxy groups -OCH3 is 3. The van der Waals surface area contributed by atoms with Crippen LogP contribution in [-0.4, -0.2) is 118 Å². The first-order valence-electron chi connectivity index (χ1n) is 20.6. The molecule has 5 N–H and O–H groups in total. The van der Waals surface area contributed by atoms with E-state index in [-0.39, 0.29) is 35.7 Å². The van der Waals surface area contributed by atoms with Gasteiger partial charge < -0.3 is 54.5 Å². The van der Waals surface area contributed by atoms with Crippen molar-refractivity contribution < 1.29 is 43.2 Å². The Morgan fingerprint density at radius 1 is 0.836 bits per heavy atom. The van der Waals surface area contributed by atoms with Gasteiger partial charge in [0.2, 0.25) is 11.8 Å². The maximum atomic E-state index is 13.9. The molecule has 5 heterocycles. The van der Waals surface area contributed by atoms with Gasteiger partial charge in [0, 0.05) is 38.3 Å². The van der Waals surface area contributed by atoms with Gasteiger partial charge >= 0.3 is 12.2 Å². The standard InChI is InChI=1S/C44H52N8O9/c1-21-12-33(51(18-21)42(54)37(24(4)59-6)50-44(57)60-7)39-45-17-32(47-39)26-8-10-28-27(14-26)20-61-35-16-29-25(15-30(28)35)9-11-31-38(29)48-40(46-31)34-13-22(2)19-52(34)41(53)36(23(3)58-5)49-43(55)56/h8-11,14-17,21-24,33-34,36-37,49H,12-13,18-20H2,1-7H3,(H,45,47)(H,46,48)(H,50,57)(H,55,56)/t21-,22-,23+,24?,33-,34-,36-,37-/m0/s1. The third-order valence-corrected chi connectivity index (χ3v) is 12.4. The zero-order chi connectivity index (χ0) is 43.3. The van der Waals surface area contributed by atoms with E-state index < -0.39 is 36.5 Å². The van der Waals surface area contributed by atoms with Gasteiger partial charge in [-0.2, -0.15) is 0 Å². The van der Waals surface area contributed by atoms with Crippen LogP contribution in [0.1, 0.15) is 69.8 Å². The SMILES string of the molecule is COC(=O)N[C@H](C(=O)N1C[C@@H](C)C[C@H]1c1ncc(-c2ccc3c(c2)COc2cc4c(ccc5[nH]c([C@@H]6C[C@H](C)CN6C(=O)[C@@H](NC(=O)O)[C@@H](C)OC)nc54)cc2-3)[nH]1)C(C)OC. The van der Waals surface area contributed by atoms with Crippen molar-refractivity contribution in [2.45, 2.75) is 83.5 Å². The van der Waals surface area contributed by atoms with Gasteiger partial charge in [-0.15, -0.1) is 0 Å². The largest absolute Gasteiger partial charge is 0.488 e. The van der Waals surface area contributed by atoms with Gasteiger partial charge in [-0.3, -0.25) is 9.59 Å². The maximum absolute atomic E-state index is 13.9. The molecule has 0 spiro atoms. The summed E-state index contributed by atoms with van der Waals surface area (Å²) in [6, 6.07) is 11.7. The Kier molecular flexibility index (Phi) is 11.4. The second kappa shape index (κ2) is 16.7. The molecule has 0 aliphatic carbocycles. The van der Waals surface area contributed by atoms with Gasteiger partial charge in [-0.25, -0.2) is 19.6 Å². The second-order valence-electron chi connectivity index (χ2n) is 16.6. The predicted molar refractivity (Wildman–Crippen MR) is 225 cm³/mol. The van der Waals surface area contributed by atoms with Crippen LogP contribution >= 0.6 is 0 Å². The lowest BCUT2D eigenvalue weighted by Crippen LogP contribution is -2.54. The van der Waals surface area contributed by atoms with Crippen LogP contribution in [-0.2, 0) is 30.4 Å². The Morgan fingerprint density at radius 2 is 1.49 bits per heavy atom. The molecule has 2 saturated heterocycles. The highest BCUT2D eigenvalue weighted by Gasteiger charge is 2.42. The van der Waals surface area contributed by atoms with Crippen molar-refractivity contribution in [3.8, 4) is 28.1 Å². The Hall–Kier alpha value is -6.20. The van der Waals surface area contributed by atoms with E-state index in [0.717, 1.165) is 55.5 Å². The van der Waals surface area contributed by atoms with Crippen molar-refractivity contribution in [3.05, 3.63) is 65.9 Å². The van der Waals surface area contributed by atoms with Crippen molar-refractivity contribution in [1.29, 1.82) is 0 Å². The zero-order valence-electron chi connectivity index (χ0n) is 35.3. The Morgan fingerprint density at radius 3 is 2.13 bits per heavy atom. The van der Waals surface area contributed by atoms with Crippen LogP contribution in [0, 0.1) is 11.8 Å². The van der Waals surface area contributed by atoms with E-state index in [0.29, 0.717) is 44.2 Å². The predicted octanol–water partition coefficient (Wildman–Crippen LogP) is 5.92. The number of rotatable bonds is 11. The van der Waals surface area contributed by atoms with E-state index in [2.05, 4.69) is 58.7 Å². The molecule has 0 bridgehead atoms. The van der Waals surface area contributed by atoms with E-state index in [4.69, 9.17) is 28.9 Å². The maximum Gasteiger partial charge on any atom is 0.407 e. The second-order valence-corrected chi connectivity index (χ2v) is 16.6. The number of fused-ring (bicyclic) bond motifs is 6. The number of carbonyl (C=O) groups is 4. The molecule has 61 heavy (non-hydrogen) atoms. The number of carbonyl (C=O) groups excluding carboxylic acids is 3. The molecule has 4 amide bonds. The number of H-pyrrole nitrogens is 2. The molecule has 8 atom stereocenters. The summed E-state index contributed by atoms with van der Waals surface area (Å²) in [6.45, 7) is 8.88. The number of hydrogen-bond donors (Lipinski definition) is 5. The third-order valence-electron chi connectivity index (χ3n) is 12.4. The topological polar surface area (TPSA) is 213 Å². The molecular weight excluding hydrogens is 785 g/mol. The highest BCUT2D eigenvalue weighted by atomic mass is 16.5. The average Bonchev–Trinajstić information content (AvgIpc) is 4.08. The smallest absolute Gasteiger partial charge is 0.407 e. The number of amides is 4. The number of likely N-dealkylation sites (tertiary alicyclic amines) is 2. The Labute approximate surface area is 352 Å². The lowest BCUT2D eigenvalue weighted by molar-refractivity contribution is -0.138. The number of ether oxygens (including phenoxy) is 4. The minimum atomic E-state index is -1.29. The van der Waals surface area contributed by atoms with Crippen LogP contribution in [0.25, 0.3) is 44.2 Å². The highest BCUT2D eigenvalue weighted by Crippen LogP contribution is 2.44. The van der Waals surface area contributed by atoms with Gasteiger partial charge in [0.1, 0.15) is 36.1 Å². The number of aromatic amines is 2. The number of aromatic nitrogens is 4. The summed E-state index contributed by atoms with van der Waals surface area (Å²) < 4.78 is 22.0. The number of nitrogens with zero attached hydrogens (tertiary/aromatic N) is 4. The van der Waals surface area contributed by atoms with Crippen molar-refractivity contribution in [2.24, 2.45) is 11.8 Å². The van der Waals surface area contributed by atoms with E-state index in [1.54, 1.807) is 29.8 Å². The first-order chi connectivity index (χ1) is 29.3. The monoisotopic (exact) mass is 836 g/mol. The number of carboxylic acid groups (broad SMARTS) is 1. The number of benzene rings is 3. The molecule has 322 valence electrons. The Balaban J connectivity index is 1.05. The summed E-state index contributed by atoms with van der Waals surface area (Å²) in [5.41, 5.74) is 6.33. The van der Waals surface area contributed by atoms with Crippen LogP contribution < -0.4 is 15.4 Å². The van der Waals surface area contributed by atoms with Crippen LogP contribution in [0.4, 0.5) is 9.59 Å².